The van der Waals surface area contributed by atoms with Gasteiger partial charge in [-0.2, -0.15) is 10.4 Å². The zero-order chi connectivity index (χ0) is 23.8. The summed E-state index contributed by atoms with van der Waals surface area (Å²) >= 11 is 12.6. The van der Waals surface area contributed by atoms with Crippen LogP contribution in [0.3, 0.4) is 0 Å². The number of anilines is 1. The van der Waals surface area contributed by atoms with Gasteiger partial charge < -0.3 is 14.7 Å². The van der Waals surface area contributed by atoms with Crippen molar-refractivity contribution in [1.82, 2.24) is 20.2 Å². The number of benzene rings is 1. The van der Waals surface area contributed by atoms with Gasteiger partial charge in [-0.25, -0.2) is 4.98 Å². The maximum absolute atomic E-state index is 9.72. The van der Waals surface area contributed by atoms with Gasteiger partial charge in [0.25, 0.3) is 0 Å². The largest absolute Gasteiger partial charge is 0.486 e. The van der Waals surface area contributed by atoms with E-state index in [1.165, 1.54) is 12.4 Å². The normalized spacial score (nSPS) is 16.2. The lowest BCUT2D eigenvalue weighted by Crippen LogP contribution is -2.50. The highest BCUT2D eigenvalue weighted by molar-refractivity contribution is 6.35. The van der Waals surface area contributed by atoms with E-state index in [0.29, 0.717) is 44.0 Å². The summed E-state index contributed by atoms with van der Waals surface area (Å²) in [7, 11) is 0. The maximum atomic E-state index is 9.72. The Hall–Kier alpha value is -3.38. The molecule has 1 aliphatic heterocycles. The van der Waals surface area contributed by atoms with Crippen LogP contribution in [0.5, 0.6) is 5.75 Å². The molecule has 1 fully saturated rings. The van der Waals surface area contributed by atoms with E-state index in [1.54, 1.807) is 12.3 Å². The van der Waals surface area contributed by atoms with Crippen molar-refractivity contribution in [3.63, 3.8) is 0 Å². The molecule has 3 aromatic heterocycles. The highest BCUT2D eigenvalue weighted by Gasteiger charge is 2.30. The summed E-state index contributed by atoms with van der Waals surface area (Å²) in [6, 6.07) is 9.60. The van der Waals surface area contributed by atoms with Crippen molar-refractivity contribution >= 4 is 39.9 Å². The first kappa shape index (κ1) is 22.4. The van der Waals surface area contributed by atoms with Crippen LogP contribution in [-0.2, 0) is 0 Å². The first-order valence-corrected chi connectivity index (χ1v) is 11.5. The second-order valence-corrected chi connectivity index (χ2v) is 8.90. The predicted octanol–water partition coefficient (Wildman–Crippen LogP) is 4.91. The Morgan fingerprint density at radius 2 is 2.06 bits per heavy atom. The molecule has 8 nitrogen and oxygen atoms in total. The Morgan fingerprint density at radius 1 is 1.26 bits per heavy atom. The van der Waals surface area contributed by atoms with Gasteiger partial charge in [0.2, 0.25) is 0 Å². The van der Waals surface area contributed by atoms with Gasteiger partial charge in [-0.1, -0.05) is 23.2 Å². The summed E-state index contributed by atoms with van der Waals surface area (Å²) < 4.78 is 6.14. The summed E-state index contributed by atoms with van der Waals surface area (Å²) in [5, 5.41) is 28.4. The third kappa shape index (κ3) is 3.92. The minimum absolute atomic E-state index is 0.000706. The second kappa shape index (κ2) is 9.11. The molecule has 0 bridgehead atoms. The molecule has 0 radical (unpaired) electrons. The van der Waals surface area contributed by atoms with Crippen molar-refractivity contribution < 1.29 is 9.84 Å². The van der Waals surface area contributed by atoms with Crippen molar-refractivity contribution in [2.75, 3.05) is 18.1 Å². The highest BCUT2D eigenvalue weighted by Crippen LogP contribution is 2.36. The molecule has 4 heterocycles. The van der Waals surface area contributed by atoms with Crippen molar-refractivity contribution in [1.29, 1.82) is 5.26 Å². The average Bonchev–Trinajstić information content (AvgIpc) is 3.22. The molecular formula is C24H20Cl2N6O2. The lowest BCUT2D eigenvalue weighted by Gasteiger charge is -2.41. The number of aromatic amines is 1. The van der Waals surface area contributed by atoms with Crippen molar-refractivity contribution in [2.24, 2.45) is 0 Å². The Kier molecular flexibility index (Phi) is 6.00. The van der Waals surface area contributed by atoms with Gasteiger partial charge in [0.15, 0.2) is 0 Å². The van der Waals surface area contributed by atoms with Crippen LogP contribution in [0.25, 0.3) is 22.2 Å². The zero-order valence-corrected chi connectivity index (χ0v) is 19.7. The Morgan fingerprint density at radius 3 is 2.74 bits per heavy atom. The smallest absolute Gasteiger partial charge is 0.146 e. The molecule has 34 heavy (non-hydrogen) atoms. The maximum Gasteiger partial charge on any atom is 0.146 e. The fourth-order valence-corrected chi connectivity index (χ4v) is 4.84. The molecule has 0 amide bonds. The third-order valence-corrected chi connectivity index (χ3v) is 6.63. The van der Waals surface area contributed by atoms with Crippen LogP contribution in [0.1, 0.15) is 30.6 Å². The molecule has 0 saturated carbocycles. The average molecular weight is 495 g/mol. The number of hydrogen-bond donors (Lipinski definition) is 2. The zero-order valence-electron chi connectivity index (χ0n) is 18.2. The summed E-state index contributed by atoms with van der Waals surface area (Å²) in [4.78, 5) is 10.5. The molecular weight excluding hydrogens is 475 g/mol. The quantitative estimate of drug-likeness (QED) is 0.391. The standard InChI is InChI=1S/C24H20Cl2N6O2/c1-13(22-19(25)10-28-11-20(22)26)34-17-2-3-21-18(7-17)23(31-30-21)15-6-14(8-27)24(29-9-15)32-5-4-16(32)12-33/h2-3,6-7,9-11,13,16,33H,4-5,12H2,1H3,(H,30,31)/t13?,16-/m0/s1. The number of aromatic nitrogens is 4. The van der Waals surface area contributed by atoms with Crippen LogP contribution >= 0.6 is 23.2 Å². The fourth-order valence-electron chi connectivity index (χ4n) is 4.17. The lowest BCUT2D eigenvalue weighted by atomic mass is 10.0. The minimum Gasteiger partial charge on any atom is -0.486 e. The number of hydrogen-bond acceptors (Lipinski definition) is 7. The van der Waals surface area contributed by atoms with Gasteiger partial charge in [0.1, 0.15) is 29.4 Å². The van der Waals surface area contributed by atoms with E-state index in [2.05, 4.69) is 26.2 Å². The SMILES string of the molecule is CC(Oc1ccc2[nH]nc(-c3cnc(N4CC[C@H]4CO)c(C#N)c3)c2c1)c1c(Cl)cncc1Cl. The topological polar surface area (TPSA) is 111 Å². The number of aliphatic hydroxyl groups excluding tert-OH is 1. The van der Waals surface area contributed by atoms with Gasteiger partial charge in [-0.05, 0) is 37.6 Å². The van der Waals surface area contributed by atoms with Gasteiger partial charge >= 0.3 is 0 Å². The molecule has 1 aromatic carbocycles. The molecule has 1 saturated heterocycles. The minimum atomic E-state index is -0.405. The number of rotatable bonds is 6. The van der Waals surface area contributed by atoms with E-state index < -0.39 is 6.10 Å². The number of H-pyrrole nitrogens is 1. The Bertz CT molecular complexity index is 1390. The van der Waals surface area contributed by atoms with Gasteiger partial charge in [0.05, 0.1) is 33.8 Å². The van der Waals surface area contributed by atoms with Gasteiger partial charge in [-0.15, -0.1) is 0 Å². The molecule has 1 unspecified atom stereocenters. The van der Waals surface area contributed by atoms with Crippen LogP contribution in [0.15, 0.2) is 42.9 Å². The summed E-state index contributed by atoms with van der Waals surface area (Å²) in [5.41, 5.74) is 3.29. The second-order valence-electron chi connectivity index (χ2n) is 8.08. The van der Waals surface area contributed by atoms with Gasteiger partial charge in [-0.3, -0.25) is 10.1 Å². The monoisotopic (exact) mass is 494 g/mol. The van der Waals surface area contributed by atoms with Gasteiger partial charge in [0, 0.05) is 41.6 Å². The summed E-state index contributed by atoms with van der Waals surface area (Å²) in [5.74, 6) is 1.20. The van der Waals surface area contributed by atoms with E-state index in [0.717, 1.165) is 23.9 Å². The van der Waals surface area contributed by atoms with Crippen LogP contribution < -0.4 is 9.64 Å². The van der Waals surface area contributed by atoms with E-state index in [-0.39, 0.29) is 12.6 Å². The number of nitrogens with zero attached hydrogens (tertiary/aromatic N) is 5. The number of nitriles is 1. The van der Waals surface area contributed by atoms with Crippen LogP contribution in [0, 0.1) is 11.3 Å². The fraction of sp³-hybridized carbons (Fsp3) is 0.250. The molecule has 10 heteroatoms. The Labute approximate surface area is 205 Å². The highest BCUT2D eigenvalue weighted by atomic mass is 35.5. The van der Waals surface area contributed by atoms with E-state index >= 15 is 0 Å². The van der Waals surface area contributed by atoms with Crippen molar-refractivity contribution in [2.45, 2.75) is 25.5 Å². The first-order chi connectivity index (χ1) is 16.5. The molecule has 5 rings (SSSR count). The van der Waals surface area contributed by atoms with Crippen molar-refractivity contribution in [3.8, 4) is 23.1 Å². The van der Waals surface area contributed by atoms with Crippen LogP contribution in [-0.4, -0.2) is 44.5 Å². The number of ether oxygens (including phenoxy) is 1. The molecule has 1 aliphatic rings. The van der Waals surface area contributed by atoms with E-state index in [4.69, 9.17) is 27.9 Å². The van der Waals surface area contributed by atoms with E-state index in [1.807, 2.05) is 30.0 Å². The number of pyridine rings is 2. The van der Waals surface area contributed by atoms with Crippen LogP contribution in [0.4, 0.5) is 5.82 Å². The third-order valence-electron chi connectivity index (χ3n) is 6.03. The molecule has 0 aliphatic carbocycles. The lowest BCUT2D eigenvalue weighted by molar-refractivity contribution is 0.225. The molecule has 4 aromatic rings. The van der Waals surface area contributed by atoms with E-state index in [9.17, 15) is 10.4 Å². The molecule has 2 N–H and O–H groups in total. The Balaban J connectivity index is 1.47. The summed E-state index contributed by atoms with van der Waals surface area (Å²) in [6.45, 7) is 2.67. The van der Waals surface area contributed by atoms with Crippen molar-refractivity contribution in [3.05, 3.63) is 64.0 Å². The molecule has 172 valence electrons. The molecule has 0 spiro atoms. The van der Waals surface area contributed by atoms with Crippen LogP contribution in [0.2, 0.25) is 10.0 Å². The molecule has 2 atom stereocenters. The number of nitrogens with one attached hydrogen (secondary N) is 1. The predicted molar refractivity (Wildman–Crippen MR) is 130 cm³/mol. The first-order valence-electron chi connectivity index (χ1n) is 10.7. The number of aliphatic hydroxyl groups is 1. The summed E-state index contributed by atoms with van der Waals surface area (Å²) in [6.07, 6.45) is 5.24. The number of halogens is 2. The number of fused-ring (bicyclic) bond motifs is 1.